The summed E-state index contributed by atoms with van der Waals surface area (Å²) in [7, 11) is 1.66. The first-order valence-corrected chi connectivity index (χ1v) is 13.5. The molecule has 36 heavy (non-hydrogen) atoms. The van der Waals surface area contributed by atoms with Gasteiger partial charge in [-0.3, -0.25) is 0 Å². The Balaban J connectivity index is 1.93. The fraction of sp³-hybridized carbons (Fsp3) is 0.344. The molecule has 3 aromatic carbocycles. The molecule has 0 aliphatic rings. The van der Waals surface area contributed by atoms with Crippen molar-refractivity contribution >= 4 is 26.8 Å². The number of aromatic nitrogens is 1. The van der Waals surface area contributed by atoms with Gasteiger partial charge >= 0.3 is 0 Å². The average molecular weight is 547 g/mol. The van der Waals surface area contributed by atoms with Crippen LogP contribution in [0.15, 0.2) is 89.4 Å². The van der Waals surface area contributed by atoms with Crippen molar-refractivity contribution in [1.82, 2.24) is 4.98 Å². The van der Waals surface area contributed by atoms with E-state index in [0.29, 0.717) is 12.3 Å². The molecule has 0 bridgehead atoms. The van der Waals surface area contributed by atoms with Gasteiger partial charge in [-0.15, -0.1) is 0 Å². The number of rotatable bonds is 10. The first-order chi connectivity index (χ1) is 17.3. The van der Waals surface area contributed by atoms with Gasteiger partial charge in [0.1, 0.15) is 5.60 Å². The third-order valence-electron chi connectivity index (χ3n) is 7.53. The van der Waals surface area contributed by atoms with E-state index in [1.54, 1.807) is 7.11 Å². The second kappa shape index (κ2) is 11.1. The lowest BCUT2D eigenvalue weighted by Crippen LogP contribution is -2.35. The zero-order valence-electron chi connectivity index (χ0n) is 21.7. The third-order valence-corrected chi connectivity index (χ3v) is 8.02. The minimum Gasteiger partial charge on any atom is -0.481 e. The Labute approximate surface area is 223 Å². The van der Waals surface area contributed by atoms with Crippen molar-refractivity contribution in [1.29, 1.82) is 0 Å². The van der Waals surface area contributed by atoms with Gasteiger partial charge in [0.15, 0.2) is 0 Å². The summed E-state index contributed by atoms with van der Waals surface area (Å²) in [6.07, 6.45) is 3.68. The summed E-state index contributed by atoms with van der Waals surface area (Å²) in [5.74, 6) is 0.179. The number of fused-ring (bicyclic) bond motifs is 1. The monoisotopic (exact) mass is 545 g/mol. The van der Waals surface area contributed by atoms with Crippen LogP contribution in [0.2, 0.25) is 0 Å². The summed E-state index contributed by atoms with van der Waals surface area (Å²) in [5, 5.41) is 13.8. The smallest absolute Gasteiger partial charge is 0.217 e. The second-order valence-corrected chi connectivity index (χ2v) is 11.3. The fourth-order valence-electron chi connectivity index (χ4n) is 5.07. The van der Waals surface area contributed by atoms with Gasteiger partial charge in [-0.05, 0) is 60.1 Å². The number of ether oxygens (including phenoxy) is 1. The highest BCUT2D eigenvalue weighted by molar-refractivity contribution is 9.10. The standard InChI is InChI=1S/C32H36BrNO2/c1-5-31(2,3)19-12-20-32(35,25-15-10-7-11-16-25)29(23-13-8-6-9-14-23)27-22-24-21-26(33)17-18-28(24)34-30(27)36-4/h6-11,13-18,21-22,29,35H,5,12,19-20H2,1-4H3. The Morgan fingerprint density at radius 1 is 0.917 bits per heavy atom. The van der Waals surface area contributed by atoms with Gasteiger partial charge in [-0.1, -0.05) is 104 Å². The molecule has 0 fully saturated rings. The number of pyridine rings is 1. The molecule has 4 heteroatoms. The minimum atomic E-state index is -1.15. The summed E-state index contributed by atoms with van der Waals surface area (Å²) in [4.78, 5) is 4.87. The summed E-state index contributed by atoms with van der Waals surface area (Å²) >= 11 is 3.60. The zero-order chi connectivity index (χ0) is 25.8. The number of methoxy groups -OCH3 is 1. The van der Waals surface area contributed by atoms with Crippen LogP contribution < -0.4 is 4.74 Å². The molecule has 0 radical (unpaired) electrons. The Kier molecular flexibility index (Phi) is 8.17. The molecule has 0 spiro atoms. The van der Waals surface area contributed by atoms with Crippen LogP contribution in [0.1, 0.15) is 69.1 Å². The van der Waals surface area contributed by atoms with Crippen LogP contribution in [-0.4, -0.2) is 17.2 Å². The highest BCUT2D eigenvalue weighted by atomic mass is 79.9. The van der Waals surface area contributed by atoms with Crippen LogP contribution in [0.25, 0.3) is 10.9 Å². The summed E-state index contributed by atoms with van der Waals surface area (Å²) in [5.41, 5.74) is 2.77. The second-order valence-electron chi connectivity index (χ2n) is 10.4. The van der Waals surface area contributed by atoms with Gasteiger partial charge in [0.2, 0.25) is 5.88 Å². The largest absolute Gasteiger partial charge is 0.481 e. The van der Waals surface area contributed by atoms with E-state index in [-0.39, 0.29) is 11.3 Å². The first-order valence-electron chi connectivity index (χ1n) is 12.7. The van der Waals surface area contributed by atoms with E-state index in [4.69, 9.17) is 9.72 Å². The number of hydrogen-bond acceptors (Lipinski definition) is 3. The highest BCUT2D eigenvalue weighted by Gasteiger charge is 2.42. The van der Waals surface area contributed by atoms with Crippen molar-refractivity contribution in [2.75, 3.05) is 7.11 Å². The molecule has 4 rings (SSSR count). The van der Waals surface area contributed by atoms with Crippen LogP contribution in [0.5, 0.6) is 5.88 Å². The highest BCUT2D eigenvalue weighted by Crippen LogP contribution is 2.48. The predicted octanol–water partition coefficient (Wildman–Crippen LogP) is 8.63. The maximum atomic E-state index is 12.8. The summed E-state index contributed by atoms with van der Waals surface area (Å²) in [6, 6.07) is 28.5. The molecule has 2 atom stereocenters. The topological polar surface area (TPSA) is 42.4 Å². The van der Waals surface area contributed by atoms with Gasteiger partial charge in [0.25, 0.3) is 0 Å². The van der Waals surface area contributed by atoms with Gasteiger partial charge in [0.05, 0.1) is 12.6 Å². The van der Waals surface area contributed by atoms with Gasteiger partial charge in [-0.2, -0.15) is 0 Å². The van der Waals surface area contributed by atoms with Gasteiger partial charge in [-0.25, -0.2) is 4.98 Å². The van der Waals surface area contributed by atoms with E-state index in [1.165, 1.54) is 0 Å². The number of nitrogens with zero attached hydrogens (tertiary/aromatic N) is 1. The van der Waals surface area contributed by atoms with E-state index < -0.39 is 5.60 Å². The van der Waals surface area contributed by atoms with E-state index >= 15 is 0 Å². The van der Waals surface area contributed by atoms with Crippen molar-refractivity contribution < 1.29 is 9.84 Å². The molecule has 1 heterocycles. The fourth-order valence-corrected chi connectivity index (χ4v) is 5.45. The molecule has 2 unspecified atom stereocenters. The summed E-state index contributed by atoms with van der Waals surface area (Å²) in [6.45, 7) is 6.84. The molecule has 0 saturated heterocycles. The summed E-state index contributed by atoms with van der Waals surface area (Å²) < 4.78 is 6.85. The van der Waals surface area contributed by atoms with Crippen molar-refractivity contribution in [2.24, 2.45) is 5.41 Å². The Hall–Kier alpha value is -2.69. The number of hydrogen-bond donors (Lipinski definition) is 1. The molecular weight excluding hydrogens is 510 g/mol. The molecule has 1 aromatic heterocycles. The predicted molar refractivity (Wildman–Crippen MR) is 153 cm³/mol. The van der Waals surface area contributed by atoms with Crippen LogP contribution in [0.4, 0.5) is 0 Å². The first kappa shape index (κ1) is 26.4. The van der Waals surface area contributed by atoms with Crippen molar-refractivity contribution in [3.63, 3.8) is 0 Å². The van der Waals surface area contributed by atoms with E-state index in [1.807, 2.05) is 60.7 Å². The average Bonchev–Trinajstić information content (AvgIpc) is 2.89. The maximum Gasteiger partial charge on any atom is 0.217 e. The number of halogens is 1. The Bertz CT molecular complexity index is 1290. The molecule has 4 aromatic rings. The molecule has 0 aliphatic heterocycles. The molecule has 0 aliphatic carbocycles. The molecule has 0 saturated carbocycles. The van der Waals surface area contributed by atoms with Crippen molar-refractivity contribution in [2.45, 2.75) is 58.0 Å². The van der Waals surface area contributed by atoms with E-state index in [9.17, 15) is 5.11 Å². The van der Waals surface area contributed by atoms with Gasteiger partial charge in [0, 0.05) is 21.3 Å². The van der Waals surface area contributed by atoms with E-state index in [0.717, 1.165) is 51.3 Å². The van der Waals surface area contributed by atoms with Crippen LogP contribution in [0.3, 0.4) is 0 Å². The third kappa shape index (κ3) is 5.66. The van der Waals surface area contributed by atoms with Crippen molar-refractivity contribution in [3.8, 4) is 5.88 Å². The Morgan fingerprint density at radius 2 is 1.58 bits per heavy atom. The quantitative estimate of drug-likeness (QED) is 0.217. The number of aliphatic hydroxyl groups is 1. The zero-order valence-corrected chi connectivity index (χ0v) is 23.3. The van der Waals surface area contributed by atoms with Crippen LogP contribution >= 0.6 is 15.9 Å². The molecule has 188 valence electrons. The maximum absolute atomic E-state index is 12.8. The van der Waals surface area contributed by atoms with Gasteiger partial charge < -0.3 is 9.84 Å². The Morgan fingerprint density at radius 3 is 2.22 bits per heavy atom. The normalized spacial score (nSPS) is 14.4. The molecule has 0 amide bonds. The minimum absolute atomic E-state index is 0.230. The van der Waals surface area contributed by atoms with Crippen molar-refractivity contribution in [3.05, 3.63) is 106 Å². The lowest BCUT2D eigenvalue weighted by Gasteiger charge is -2.39. The molecule has 1 N–H and O–H groups in total. The van der Waals surface area contributed by atoms with Crippen LogP contribution in [0, 0.1) is 5.41 Å². The number of benzene rings is 3. The van der Waals surface area contributed by atoms with Crippen LogP contribution in [-0.2, 0) is 5.60 Å². The lowest BCUT2D eigenvalue weighted by molar-refractivity contribution is 0.00475. The molecular formula is C32H36BrNO2. The van der Waals surface area contributed by atoms with E-state index in [2.05, 4.69) is 61.0 Å². The molecule has 3 nitrogen and oxygen atoms in total. The lowest BCUT2D eigenvalue weighted by atomic mass is 9.70. The SMILES string of the molecule is CCC(C)(C)CCCC(O)(c1ccccc1)C(c1ccccc1)c1cc2cc(Br)ccc2nc1OC.